The van der Waals surface area contributed by atoms with Crippen LogP contribution in [0.1, 0.15) is 43.2 Å². The Morgan fingerprint density at radius 1 is 1.22 bits per heavy atom. The van der Waals surface area contributed by atoms with Crippen molar-refractivity contribution < 1.29 is 14.6 Å². The first-order valence-corrected chi connectivity index (χ1v) is 8.82. The van der Waals surface area contributed by atoms with Crippen molar-refractivity contribution in [3.8, 4) is 0 Å². The Bertz CT molecular complexity index is 563. The lowest BCUT2D eigenvalue weighted by atomic mass is 9.69. The second-order valence-electron chi connectivity index (χ2n) is 6.64. The Labute approximate surface area is 142 Å². The first-order chi connectivity index (χ1) is 11.1. The molecule has 0 atom stereocenters. The molecule has 2 fully saturated rings. The molecule has 1 saturated heterocycles. The third-order valence-electron chi connectivity index (χ3n) is 5.22. The van der Waals surface area contributed by atoms with Gasteiger partial charge in [-0.3, -0.25) is 9.69 Å². The van der Waals surface area contributed by atoms with E-state index in [0.717, 1.165) is 63.2 Å². The minimum atomic E-state index is -0.751. The summed E-state index contributed by atoms with van der Waals surface area (Å²) in [7, 11) is 0. The maximum Gasteiger partial charge on any atom is 0.314 e. The minimum absolute atomic E-state index is 0.681. The summed E-state index contributed by atoms with van der Waals surface area (Å²) >= 11 is 6.48. The molecule has 3 rings (SSSR count). The zero-order valence-corrected chi connectivity index (χ0v) is 14.1. The van der Waals surface area contributed by atoms with Crippen LogP contribution in [0.15, 0.2) is 18.2 Å². The average Bonchev–Trinajstić information content (AvgIpc) is 2.58. The summed E-state index contributed by atoms with van der Waals surface area (Å²) in [6.45, 7) is 4.15. The van der Waals surface area contributed by atoms with E-state index in [1.54, 1.807) is 0 Å². The van der Waals surface area contributed by atoms with E-state index in [4.69, 9.17) is 16.3 Å². The molecule has 1 aliphatic carbocycles. The van der Waals surface area contributed by atoms with Gasteiger partial charge in [0, 0.05) is 24.7 Å². The van der Waals surface area contributed by atoms with E-state index in [0.29, 0.717) is 17.9 Å². The van der Waals surface area contributed by atoms with E-state index >= 15 is 0 Å². The van der Waals surface area contributed by atoms with Crippen molar-refractivity contribution in [2.75, 3.05) is 26.3 Å². The van der Waals surface area contributed by atoms with Crippen LogP contribution in [0.3, 0.4) is 0 Å². The average molecular weight is 338 g/mol. The lowest BCUT2D eigenvalue weighted by molar-refractivity contribution is -0.145. The number of carboxylic acids is 1. The van der Waals surface area contributed by atoms with Gasteiger partial charge in [0.1, 0.15) is 0 Å². The third-order valence-corrected chi connectivity index (χ3v) is 5.57. The predicted octanol–water partition coefficient (Wildman–Crippen LogP) is 3.46. The molecule has 1 aromatic rings. The molecule has 0 bridgehead atoms. The molecular formula is C18H24ClNO3. The van der Waals surface area contributed by atoms with Gasteiger partial charge in [-0.25, -0.2) is 0 Å². The Morgan fingerprint density at radius 3 is 2.52 bits per heavy atom. The van der Waals surface area contributed by atoms with E-state index in [1.165, 1.54) is 0 Å². The molecule has 4 nitrogen and oxygen atoms in total. The lowest BCUT2D eigenvalue weighted by Gasteiger charge is -2.34. The fraction of sp³-hybridized carbons (Fsp3) is 0.611. The van der Waals surface area contributed by atoms with Gasteiger partial charge >= 0.3 is 5.97 Å². The van der Waals surface area contributed by atoms with Gasteiger partial charge in [0.25, 0.3) is 0 Å². The molecular weight excluding hydrogens is 314 g/mol. The van der Waals surface area contributed by atoms with Crippen molar-refractivity contribution in [3.05, 3.63) is 34.3 Å². The number of ether oxygens (including phenoxy) is 1. The summed E-state index contributed by atoms with van der Waals surface area (Å²) in [5.74, 6) is -0.714. The second-order valence-corrected chi connectivity index (χ2v) is 7.05. The zero-order valence-electron chi connectivity index (χ0n) is 13.4. The number of nitrogens with zero attached hydrogens (tertiary/aromatic N) is 1. The van der Waals surface area contributed by atoms with Gasteiger partial charge in [0.15, 0.2) is 0 Å². The smallest absolute Gasteiger partial charge is 0.314 e. The molecule has 0 unspecified atom stereocenters. The molecule has 1 saturated carbocycles. The largest absolute Gasteiger partial charge is 0.481 e. The maximum absolute atomic E-state index is 11.9. The number of carboxylic acid groups (broad SMARTS) is 1. The summed E-state index contributed by atoms with van der Waals surface area (Å²) in [6.07, 6.45) is 4.49. The number of aliphatic carboxylic acids is 1. The van der Waals surface area contributed by atoms with E-state index < -0.39 is 11.4 Å². The van der Waals surface area contributed by atoms with Crippen molar-refractivity contribution in [1.29, 1.82) is 0 Å². The van der Waals surface area contributed by atoms with Crippen LogP contribution in [0.25, 0.3) is 0 Å². The normalized spacial score (nSPS) is 22.0. The molecule has 0 spiro atoms. The Kier molecular flexibility index (Phi) is 5.24. The van der Waals surface area contributed by atoms with Crippen LogP contribution >= 0.6 is 11.6 Å². The van der Waals surface area contributed by atoms with Crippen LogP contribution in [-0.4, -0.2) is 42.3 Å². The number of carbonyl (C=O) groups is 1. The van der Waals surface area contributed by atoms with Gasteiger partial charge in [-0.05, 0) is 30.0 Å². The Balaban J connectivity index is 1.81. The molecule has 2 aliphatic rings. The molecule has 1 aliphatic heterocycles. The van der Waals surface area contributed by atoms with Crippen LogP contribution in [0.4, 0.5) is 0 Å². The highest BCUT2D eigenvalue weighted by molar-refractivity contribution is 6.31. The standard InChI is InChI=1S/C18H24ClNO3/c19-16-12-15(18(17(21)22)6-2-1-3-7-18)5-4-14(16)13-20-8-10-23-11-9-20/h4-5,12H,1-3,6-11,13H2,(H,21,22). The third kappa shape index (κ3) is 3.54. The topological polar surface area (TPSA) is 49.8 Å². The Hall–Kier alpha value is -1.10. The van der Waals surface area contributed by atoms with Gasteiger partial charge in [-0.2, -0.15) is 0 Å². The number of hydrogen-bond acceptors (Lipinski definition) is 3. The first-order valence-electron chi connectivity index (χ1n) is 8.44. The molecule has 1 N–H and O–H groups in total. The van der Waals surface area contributed by atoms with Crippen LogP contribution in [0, 0.1) is 0 Å². The summed E-state index contributed by atoms with van der Waals surface area (Å²) in [5.41, 5.74) is 1.17. The highest BCUT2D eigenvalue weighted by Crippen LogP contribution is 2.41. The molecule has 5 heteroatoms. The fourth-order valence-electron chi connectivity index (χ4n) is 3.75. The number of morpholine rings is 1. The van der Waals surface area contributed by atoms with Crippen molar-refractivity contribution >= 4 is 17.6 Å². The summed E-state index contributed by atoms with van der Waals surface area (Å²) in [4.78, 5) is 14.2. The summed E-state index contributed by atoms with van der Waals surface area (Å²) in [6, 6.07) is 5.87. The zero-order chi connectivity index (χ0) is 16.3. The quantitative estimate of drug-likeness (QED) is 0.914. The molecule has 23 heavy (non-hydrogen) atoms. The molecule has 126 valence electrons. The predicted molar refractivity (Wildman–Crippen MR) is 89.9 cm³/mol. The summed E-state index contributed by atoms with van der Waals surface area (Å²) < 4.78 is 5.37. The number of benzene rings is 1. The van der Waals surface area contributed by atoms with Crippen molar-refractivity contribution in [3.63, 3.8) is 0 Å². The Morgan fingerprint density at radius 2 is 1.91 bits per heavy atom. The van der Waals surface area contributed by atoms with Crippen LogP contribution in [-0.2, 0) is 21.5 Å². The van der Waals surface area contributed by atoms with Crippen LogP contribution in [0.2, 0.25) is 5.02 Å². The van der Waals surface area contributed by atoms with E-state index in [1.807, 2.05) is 18.2 Å². The van der Waals surface area contributed by atoms with Gasteiger partial charge < -0.3 is 9.84 Å². The molecule has 0 radical (unpaired) electrons. The van der Waals surface area contributed by atoms with Gasteiger partial charge in [-0.15, -0.1) is 0 Å². The number of rotatable bonds is 4. The van der Waals surface area contributed by atoms with Crippen molar-refractivity contribution in [2.45, 2.75) is 44.1 Å². The van der Waals surface area contributed by atoms with Crippen LogP contribution < -0.4 is 0 Å². The van der Waals surface area contributed by atoms with E-state index in [2.05, 4.69) is 4.90 Å². The number of hydrogen-bond donors (Lipinski definition) is 1. The minimum Gasteiger partial charge on any atom is -0.481 e. The number of halogens is 1. The molecule has 0 amide bonds. The van der Waals surface area contributed by atoms with Gasteiger partial charge in [0.05, 0.1) is 18.6 Å². The maximum atomic E-state index is 11.9. The van der Waals surface area contributed by atoms with Crippen LogP contribution in [0.5, 0.6) is 0 Å². The van der Waals surface area contributed by atoms with Gasteiger partial charge in [-0.1, -0.05) is 43.0 Å². The highest BCUT2D eigenvalue weighted by Gasteiger charge is 2.41. The van der Waals surface area contributed by atoms with Crippen molar-refractivity contribution in [1.82, 2.24) is 4.90 Å². The van der Waals surface area contributed by atoms with Crippen molar-refractivity contribution in [2.24, 2.45) is 0 Å². The molecule has 0 aromatic heterocycles. The fourth-order valence-corrected chi connectivity index (χ4v) is 4.00. The molecule has 1 aromatic carbocycles. The summed E-state index contributed by atoms with van der Waals surface area (Å²) in [5, 5.41) is 10.5. The van der Waals surface area contributed by atoms with E-state index in [9.17, 15) is 9.90 Å². The van der Waals surface area contributed by atoms with E-state index in [-0.39, 0.29) is 0 Å². The van der Waals surface area contributed by atoms with Gasteiger partial charge in [0.2, 0.25) is 0 Å². The second kappa shape index (κ2) is 7.20. The monoisotopic (exact) mass is 337 g/mol. The SMILES string of the molecule is O=C(O)C1(c2ccc(CN3CCOCC3)c(Cl)c2)CCCCC1. The highest BCUT2D eigenvalue weighted by atomic mass is 35.5. The lowest BCUT2D eigenvalue weighted by Crippen LogP contribution is -2.38. The molecule has 1 heterocycles. The first kappa shape index (κ1) is 16.7.